The molecule has 1 heterocycles. The summed E-state index contributed by atoms with van der Waals surface area (Å²) in [7, 11) is 1.29. The van der Waals surface area contributed by atoms with Gasteiger partial charge in [0.1, 0.15) is 6.54 Å². The minimum atomic E-state index is -0.621. The van der Waals surface area contributed by atoms with Crippen molar-refractivity contribution in [2.24, 2.45) is 5.73 Å². The maximum absolute atomic E-state index is 11.2. The Morgan fingerprint density at radius 2 is 2.12 bits per heavy atom. The number of ether oxygens (including phenoxy) is 1. The maximum Gasteiger partial charge on any atom is 0.327 e. The van der Waals surface area contributed by atoms with E-state index in [2.05, 4.69) is 9.84 Å². The number of amides is 1. The van der Waals surface area contributed by atoms with Crippen molar-refractivity contribution in [1.82, 2.24) is 9.78 Å². The molecule has 0 radical (unpaired) electrons. The van der Waals surface area contributed by atoms with E-state index in [-0.39, 0.29) is 12.2 Å². The molecule has 6 heteroatoms. The molecule has 0 aliphatic rings. The largest absolute Gasteiger partial charge is 0.468 e. The number of methoxy groups -OCH3 is 1. The number of para-hydroxylation sites is 1. The van der Waals surface area contributed by atoms with Crippen LogP contribution in [0.2, 0.25) is 0 Å². The minimum absolute atomic E-state index is 0.0513. The zero-order valence-electron chi connectivity index (χ0n) is 9.21. The lowest BCUT2D eigenvalue weighted by Gasteiger charge is -2.00. The fourth-order valence-corrected chi connectivity index (χ4v) is 1.62. The number of nitrogens with zero attached hydrogens (tertiary/aromatic N) is 2. The first-order chi connectivity index (χ1) is 8.13. The number of primary amides is 1. The van der Waals surface area contributed by atoms with Gasteiger partial charge in [-0.3, -0.25) is 14.3 Å². The van der Waals surface area contributed by atoms with Gasteiger partial charge in [-0.1, -0.05) is 18.2 Å². The third-order valence-electron chi connectivity index (χ3n) is 2.40. The second-order valence-electron chi connectivity index (χ2n) is 3.46. The van der Waals surface area contributed by atoms with Crippen LogP contribution in [-0.2, 0) is 16.1 Å². The molecule has 2 rings (SSSR count). The highest BCUT2D eigenvalue weighted by Crippen LogP contribution is 2.17. The second-order valence-corrected chi connectivity index (χ2v) is 3.46. The van der Waals surface area contributed by atoms with Gasteiger partial charge in [-0.2, -0.15) is 5.10 Å². The molecule has 0 saturated carbocycles. The molecule has 0 atom stereocenters. The Bertz CT molecular complexity index is 589. The monoisotopic (exact) mass is 233 g/mol. The second kappa shape index (κ2) is 4.25. The number of aromatic nitrogens is 2. The average molecular weight is 233 g/mol. The van der Waals surface area contributed by atoms with Gasteiger partial charge in [0.15, 0.2) is 5.69 Å². The topological polar surface area (TPSA) is 87.2 Å². The predicted molar refractivity (Wildman–Crippen MR) is 60.3 cm³/mol. The molecule has 88 valence electrons. The van der Waals surface area contributed by atoms with Crippen LogP contribution in [0, 0.1) is 0 Å². The summed E-state index contributed by atoms with van der Waals surface area (Å²) in [6.45, 7) is -0.0513. The molecular formula is C11H11N3O3. The number of fused-ring (bicyclic) bond motifs is 1. The summed E-state index contributed by atoms with van der Waals surface area (Å²) in [5.74, 6) is -1.06. The lowest BCUT2D eigenvalue weighted by Crippen LogP contribution is -2.15. The van der Waals surface area contributed by atoms with Crippen LogP contribution >= 0.6 is 0 Å². The zero-order chi connectivity index (χ0) is 12.4. The van der Waals surface area contributed by atoms with E-state index in [4.69, 9.17) is 5.73 Å². The number of rotatable bonds is 3. The van der Waals surface area contributed by atoms with Crippen LogP contribution in [0.4, 0.5) is 0 Å². The summed E-state index contributed by atoms with van der Waals surface area (Å²) in [5.41, 5.74) is 6.06. The third kappa shape index (κ3) is 1.96. The van der Waals surface area contributed by atoms with E-state index >= 15 is 0 Å². The van der Waals surface area contributed by atoms with Gasteiger partial charge in [0.2, 0.25) is 0 Å². The van der Waals surface area contributed by atoms with E-state index in [1.807, 2.05) is 0 Å². The summed E-state index contributed by atoms with van der Waals surface area (Å²) in [6.07, 6.45) is 0. The number of hydrogen-bond acceptors (Lipinski definition) is 4. The molecule has 0 unspecified atom stereocenters. The molecule has 17 heavy (non-hydrogen) atoms. The van der Waals surface area contributed by atoms with Crippen LogP contribution in [0.15, 0.2) is 24.3 Å². The molecule has 2 aromatic rings. The van der Waals surface area contributed by atoms with Crippen molar-refractivity contribution in [2.75, 3.05) is 7.11 Å². The van der Waals surface area contributed by atoms with Crippen molar-refractivity contribution < 1.29 is 14.3 Å². The minimum Gasteiger partial charge on any atom is -0.468 e. The molecule has 0 aliphatic heterocycles. The van der Waals surface area contributed by atoms with Crippen LogP contribution in [0.1, 0.15) is 10.5 Å². The number of carbonyl (C=O) groups is 2. The quantitative estimate of drug-likeness (QED) is 0.773. The van der Waals surface area contributed by atoms with Crippen LogP contribution in [0.5, 0.6) is 0 Å². The molecule has 2 N–H and O–H groups in total. The molecule has 1 aromatic carbocycles. The highest BCUT2D eigenvalue weighted by Gasteiger charge is 2.15. The summed E-state index contributed by atoms with van der Waals surface area (Å²) in [4.78, 5) is 22.4. The van der Waals surface area contributed by atoms with Gasteiger partial charge in [0.05, 0.1) is 12.6 Å². The van der Waals surface area contributed by atoms with E-state index in [0.29, 0.717) is 10.9 Å². The third-order valence-corrected chi connectivity index (χ3v) is 2.40. The number of carbonyl (C=O) groups excluding carboxylic acids is 2. The molecular weight excluding hydrogens is 222 g/mol. The van der Waals surface area contributed by atoms with E-state index in [1.54, 1.807) is 24.3 Å². The molecule has 0 aliphatic carbocycles. The Labute approximate surface area is 97.0 Å². The van der Waals surface area contributed by atoms with Crippen molar-refractivity contribution in [1.29, 1.82) is 0 Å². The van der Waals surface area contributed by atoms with Gasteiger partial charge in [0, 0.05) is 5.39 Å². The first-order valence-corrected chi connectivity index (χ1v) is 4.95. The van der Waals surface area contributed by atoms with Gasteiger partial charge in [-0.25, -0.2) is 0 Å². The number of nitrogens with two attached hydrogens (primary N) is 1. The van der Waals surface area contributed by atoms with Gasteiger partial charge < -0.3 is 10.5 Å². The van der Waals surface area contributed by atoms with E-state index < -0.39 is 11.9 Å². The Balaban J connectivity index is 2.56. The van der Waals surface area contributed by atoms with Gasteiger partial charge in [0.25, 0.3) is 5.91 Å². The fraction of sp³-hybridized carbons (Fsp3) is 0.182. The first-order valence-electron chi connectivity index (χ1n) is 4.95. The SMILES string of the molecule is COC(=O)Cn1nc(C(N)=O)c2ccccc21. The van der Waals surface area contributed by atoms with Gasteiger partial charge >= 0.3 is 5.97 Å². The van der Waals surface area contributed by atoms with Crippen LogP contribution in [0.3, 0.4) is 0 Å². The van der Waals surface area contributed by atoms with Crippen molar-refractivity contribution in [3.8, 4) is 0 Å². The highest BCUT2D eigenvalue weighted by molar-refractivity contribution is 6.04. The van der Waals surface area contributed by atoms with E-state index in [9.17, 15) is 9.59 Å². The standard InChI is InChI=1S/C11H11N3O3/c1-17-9(15)6-14-8-5-3-2-4-7(8)10(13-14)11(12)16/h2-5H,6H2,1H3,(H2,12,16). The van der Waals surface area contributed by atoms with Crippen molar-refractivity contribution in [3.63, 3.8) is 0 Å². The van der Waals surface area contributed by atoms with Gasteiger partial charge in [-0.05, 0) is 6.07 Å². The van der Waals surface area contributed by atoms with E-state index in [1.165, 1.54) is 11.8 Å². The Kier molecular flexibility index (Phi) is 2.78. The molecule has 1 amide bonds. The number of benzene rings is 1. The summed E-state index contributed by atoms with van der Waals surface area (Å²) < 4.78 is 5.96. The molecule has 1 aromatic heterocycles. The lowest BCUT2D eigenvalue weighted by atomic mass is 10.2. The molecule has 6 nitrogen and oxygen atoms in total. The smallest absolute Gasteiger partial charge is 0.327 e. The summed E-state index contributed by atoms with van der Waals surface area (Å²) in [6, 6.07) is 7.06. The molecule has 0 spiro atoms. The summed E-state index contributed by atoms with van der Waals surface area (Å²) >= 11 is 0. The maximum atomic E-state index is 11.2. The van der Waals surface area contributed by atoms with Crippen LogP contribution < -0.4 is 5.73 Å². The van der Waals surface area contributed by atoms with Crippen molar-refractivity contribution in [3.05, 3.63) is 30.0 Å². The first kappa shape index (κ1) is 11.1. The highest BCUT2D eigenvalue weighted by atomic mass is 16.5. The zero-order valence-corrected chi connectivity index (χ0v) is 9.21. The van der Waals surface area contributed by atoms with Crippen molar-refractivity contribution >= 4 is 22.8 Å². The molecule has 0 saturated heterocycles. The average Bonchev–Trinajstić information content (AvgIpc) is 2.68. The number of hydrogen-bond donors (Lipinski definition) is 1. The fourth-order valence-electron chi connectivity index (χ4n) is 1.62. The molecule has 0 fully saturated rings. The normalized spacial score (nSPS) is 10.4. The van der Waals surface area contributed by atoms with Crippen LogP contribution in [0.25, 0.3) is 10.9 Å². The van der Waals surface area contributed by atoms with Crippen LogP contribution in [-0.4, -0.2) is 28.8 Å². The Morgan fingerprint density at radius 3 is 2.76 bits per heavy atom. The summed E-state index contributed by atoms with van der Waals surface area (Å²) in [5, 5.41) is 4.65. The van der Waals surface area contributed by atoms with E-state index in [0.717, 1.165) is 0 Å². The van der Waals surface area contributed by atoms with Crippen molar-refractivity contribution in [2.45, 2.75) is 6.54 Å². The number of esters is 1. The lowest BCUT2D eigenvalue weighted by molar-refractivity contribution is -0.141. The Hall–Kier alpha value is -2.37. The van der Waals surface area contributed by atoms with Gasteiger partial charge in [-0.15, -0.1) is 0 Å². The Morgan fingerprint density at radius 1 is 1.41 bits per heavy atom. The molecule has 0 bridgehead atoms. The predicted octanol–water partition coefficient (Wildman–Crippen LogP) is 0.308.